The molecule has 2 heterocycles. The largest absolute Gasteiger partial charge is 0.465 e. The van der Waals surface area contributed by atoms with Crippen molar-refractivity contribution in [2.75, 3.05) is 26.2 Å². The van der Waals surface area contributed by atoms with Crippen molar-refractivity contribution in [3.8, 4) is 0 Å². The molecule has 0 spiro atoms. The predicted octanol–water partition coefficient (Wildman–Crippen LogP) is 3.61. The van der Waals surface area contributed by atoms with Gasteiger partial charge in [0.15, 0.2) is 0 Å². The third-order valence-corrected chi connectivity index (χ3v) is 9.62. The lowest BCUT2D eigenvalue weighted by atomic mass is 10.1. The molecule has 0 bridgehead atoms. The van der Waals surface area contributed by atoms with Gasteiger partial charge in [-0.3, -0.25) is 28.5 Å². The second kappa shape index (κ2) is 18.0. The fourth-order valence-electron chi connectivity index (χ4n) is 5.18. The maximum atomic E-state index is 14.9. The lowest BCUT2D eigenvalue weighted by Crippen LogP contribution is -2.47. The SMILES string of the molecule is CCCOC(=O)[C@H](Cc1ccccc1)NP(=O)(CO[C@H]1CO[C@@H](n2cc(C)c(=O)[nH]c2=O)C1)N[C@@H](Cc1ccccc1)C(=O)OCCC. The van der Waals surface area contributed by atoms with Gasteiger partial charge in [0.1, 0.15) is 24.7 Å². The number of aromatic nitrogens is 2. The van der Waals surface area contributed by atoms with Crippen molar-refractivity contribution in [3.05, 3.63) is 104 Å². The molecule has 0 aliphatic carbocycles. The predicted molar refractivity (Wildman–Crippen MR) is 180 cm³/mol. The van der Waals surface area contributed by atoms with Crippen molar-refractivity contribution >= 4 is 19.4 Å². The molecule has 4 rings (SSSR count). The maximum Gasteiger partial charge on any atom is 0.330 e. The van der Waals surface area contributed by atoms with Gasteiger partial charge in [-0.15, -0.1) is 0 Å². The number of aromatic amines is 1. The number of benzene rings is 2. The molecule has 1 fully saturated rings. The van der Waals surface area contributed by atoms with Crippen LogP contribution in [0.4, 0.5) is 0 Å². The zero-order chi connectivity index (χ0) is 34.5. The fourth-order valence-corrected chi connectivity index (χ4v) is 7.23. The van der Waals surface area contributed by atoms with Crippen molar-refractivity contribution < 1.29 is 33.1 Å². The van der Waals surface area contributed by atoms with Gasteiger partial charge in [0.2, 0.25) is 7.44 Å². The van der Waals surface area contributed by atoms with E-state index in [0.717, 1.165) is 11.1 Å². The molecule has 0 amide bonds. The summed E-state index contributed by atoms with van der Waals surface area (Å²) in [6.45, 7) is 5.79. The Bertz CT molecular complexity index is 1580. The second-order valence-corrected chi connectivity index (χ2v) is 14.0. The van der Waals surface area contributed by atoms with Gasteiger partial charge in [-0.1, -0.05) is 74.5 Å². The number of H-pyrrole nitrogens is 1. The molecule has 2 aromatic carbocycles. The molecule has 0 unspecified atom stereocenters. The van der Waals surface area contributed by atoms with E-state index in [4.69, 9.17) is 18.9 Å². The van der Waals surface area contributed by atoms with Gasteiger partial charge in [0.25, 0.3) is 5.56 Å². The van der Waals surface area contributed by atoms with Gasteiger partial charge in [-0.2, -0.15) is 0 Å². The number of hydrogen-bond donors (Lipinski definition) is 3. The van der Waals surface area contributed by atoms with Crippen molar-refractivity contribution in [2.24, 2.45) is 0 Å². The number of carbonyl (C=O) groups excluding carboxylic acids is 2. The maximum absolute atomic E-state index is 14.9. The molecule has 4 atom stereocenters. The summed E-state index contributed by atoms with van der Waals surface area (Å²) >= 11 is 0. The van der Waals surface area contributed by atoms with Crippen LogP contribution in [0.1, 0.15) is 56.0 Å². The van der Waals surface area contributed by atoms with Crippen molar-refractivity contribution in [2.45, 2.75) is 77.3 Å². The van der Waals surface area contributed by atoms with Crippen LogP contribution in [-0.4, -0.2) is 65.8 Å². The number of esters is 2. The third kappa shape index (κ3) is 10.8. The van der Waals surface area contributed by atoms with Gasteiger partial charge in [0.05, 0.1) is 25.9 Å². The van der Waals surface area contributed by atoms with E-state index in [-0.39, 0.29) is 39.1 Å². The van der Waals surface area contributed by atoms with Gasteiger partial charge < -0.3 is 18.9 Å². The first kappa shape index (κ1) is 37.0. The van der Waals surface area contributed by atoms with E-state index in [1.54, 1.807) is 6.92 Å². The zero-order valence-electron chi connectivity index (χ0n) is 27.6. The first-order valence-corrected chi connectivity index (χ1v) is 18.1. The summed E-state index contributed by atoms with van der Waals surface area (Å²) in [5.74, 6) is -1.18. The average Bonchev–Trinajstić information content (AvgIpc) is 3.56. The molecule has 1 aliphatic heterocycles. The Labute approximate surface area is 279 Å². The highest BCUT2D eigenvalue weighted by Gasteiger charge is 2.38. The number of aryl methyl sites for hydroxylation is 1. The standard InChI is InChI=1S/C34H45N4O9P/c1-4-16-44-32(40)28(18-25-12-8-6-9-13-25)36-48(43,37-29(33(41)45-17-5-2)19-26-14-10-7-11-15-26)23-47-27-20-30(46-22-27)38-21-24(3)31(39)35-34(38)42/h6-15,21,27-30H,4-5,16-20,22-23H2,1-3H3,(H,35,39,42)(H2,36,37,43)/t27-,28+,29+,30-/m1/s1. The number of nitrogens with zero attached hydrogens (tertiary/aromatic N) is 1. The molecule has 13 nitrogen and oxygen atoms in total. The Morgan fingerprint density at radius 3 is 1.94 bits per heavy atom. The summed E-state index contributed by atoms with van der Waals surface area (Å²) in [6, 6.07) is 16.4. The van der Waals surface area contributed by atoms with Crippen LogP contribution >= 0.6 is 7.44 Å². The summed E-state index contributed by atoms with van der Waals surface area (Å²) in [7, 11) is -3.94. The van der Waals surface area contributed by atoms with Crippen LogP contribution in [0.2, 0.25) is 0 Å². The third-order valence-electron chi connectivity index (χ3n) is 7.65. The number of ether oxygens (including phenoxy) is 4. The molecule has 3 aromatic rings. The van der Waals surface area contributed by atoms with Gasteiger partial charge in [-0.05, 0) is 43.7 Å². The van der Waals surface area contributed by atoms with E-state index < -0.39 is 61.4 Å². The Kier molecular flexibility index (Phi) is 13.9. The minimum Gasteiger partial charge on any atom is -0.465 e. The molecule has 48 heavy (non-hydrogen) atoms. The lowest BCUT2D eigenvalue weighted by Gasteiger charge is -2.29. The fraction of sp³-hybridized carbons (Fsp3) is 0.471. The summed E-state index contributed by atoms with van der Waals surface area (Å²) in [5.41, 5.74) is 0.874. The highest BCUT2D eigenvalue weighted by atomic mass is 31.2. The molecule has 1 aliphatic rings. The van der Waals surface area contributed by atoms with Gasteiger partial charge >= 0.3 is 17.6 Å². The first-order chi connectivity index (χ1) is 23.1. The van der Waals surface area contributed by atoms with E-state index in [9.17, 15) is 23.7 Å². The molecular weight excluding hydrogens is 639 g/mol. The topological polar surface area (TPSA) is 167 Å². The molecule has 14 heteroatoms. The van der Waals surface area contributed by atoms with E-state index >= 15 is 0 Å². The summed E-state index contributed by atoms with van der Waals surface area (Å²) < 4.78 is 39.1. The Morgan fingerprint density at radius 1 is 0.917 bits per heavy atom. The number of carbonyl (C=O) groups is 2. The summed E-state index contributed by atoms with van der Waals surface area (Å²) in [6.07, 6.45) is 1.46. The van der Waals surface area contributed by atoms with E-state index in [1.165, 1.54) is 10.8 Å². The molecular formula is C34H45N4O9P. The smallest absolute Gasteiger partial charge is 0.330 e. The van der Waals surface area contributed by atoms with Crippen LogP contribution in [0, 0.1) is 6.92 Å². The number of nitrogens with one attached hydrogen (secondary N) is 3. The lowest BCUT2D eigenvalue weighted by molar-refractivity contribution is -0.146. The zero-order valence-corrected chi connectivity index (χ0v) is 28.5. The minimum atomic E-state index is -3.94. The highest BCUT2D eigenvalue weighted by Crippen LogP contribution is 2.40. The van der Waals surface area contributed by atoms with Crippen molar-refractivity contribution in [3.63, 3.8) is 0 Å². The molecule has 1 aromatic heterocycles. The van der Waals surface area contributed by atoms with E-state index in [2.05, 4.69) is 15.2 Å². The van der Waals surface area contributed by atoms with Gasteiger partial charge in [-0.25, -0.2) is 15.0 Å². The van der Waals surface area contributed by atoms with Crippen molar-refractivity contribution in [1.29, 1.82) is 0 Å². The van der Waals surface area contributed by atoms with Crippen LogP contribution in [-0.2, 0) is 45.9 Å². The van der Waals surface area contributed by atoms with E-state index in [1.807, 2.05) is 74.5 Å². The van der Waals surface area contributed by atoms with Crippen LogP contribution in [0.25, 0.3) is 0 Å². The van der Waals surface area contributed by atoms with Crippen LogP contribution < -0.4 is 21.4 Å². The van der Waals surface area contributed by atoms with Crippen LogP contribution in [0.15, 0.2) is 76.4 Å². The molecule has 260 valence electrons. The minimum absolute atomic E-state index is 0.0766. The second-order valence-electron chi connectivity index (χ2n) is 11.7. The average molecular weight is 685 g/mol. The van der Waals surface area contributed by atoms with Crippen LogP contribution in [0.3, 0.4) is 0 Å². The molecule has 0 radical (unpaired) electrons. The van der Waals surface area contributed by atoms with E-state index in [0.29, 0.717) is 18.4 Å². The highest BCUT2D eigenvalue weighted by molar-refractivity contribution is 7.59. The molecule has 1 saturated heterocycles. The number of hydrogen-bond acceptors (Lipinski definition) is 9. The Morgan fingerprint density at radius 2 is 1.44 bits per heavy atom. The summed E-state index contributed by atoms with van der Waals surface area (Å²) in [4.78, 5) is 53.3. The first-order valence-electron chi connectivity index (χ1n) is 16.2. The normalized spacial score (nSPS) is 17.5. The quantitative estimate of drug-likeness (QED) is 0.132. The van der Waals surface area contributed by atoms with Crippen molar-refractivity contribution in [1.82, 2.24) is 19.7 Å². The Balaban J connectivity index is 1.60. The van der Waals surface area contributed by atoms with Gasteiger partial charge in [0, 0.05) is 18.2 Å². The molecule has 3 N–H and O–H groups in total. The summed E-state index contributed by atoms with van der Waals surface area (Å²) in [5, 5.41) is 6.01. The number of rotatable bonds is 18. The Hall–Kier alpha value is -3.87. The monoisotopic (exact) mass is 684 g/mol. The molecule has 0 saturated carbocycles. The van der Waals surface area contributed by atoms with Crippen LogP contribution in [0.5, 0.6) is 0 Å².